The van der Waals surface area contributed by atoms with Crippen molar-refractivity contribution < 1.29 is 41.8 Å². The van der Waals surface area contributed by atoms with E-state index in [9.17, 15) is 32.7 Å². The van der Waals surface area contributed by atoms with Crippen LogP contribution in [0.5, 0.6) is 0 Å². The van der Waals surface area contributed by atoms with Crippen molar-refractivity contribution >= 4 is 46.5 Å². The molecule has 3 amide bonds. The number of carbonyl (C=O) groups is 3. The van der Waals surface area contributed by atoms with Gasteiger partial charge in [-0.05, 0) is 51.9 Å². The first kappa shape index (κ1) is 34.7. The number of piperidine rings is 1. The molecule has 2 atom stereocenters. The number of rotatable bonds is 7. The minimum absolute atomic E-state index is 0.0589. The van der Waals surface area contributed by atoms with Crippen molar-refractivity contribution in [2.75, 3.05) is 61.8 Å². The number of aromatic nitrogens is 2. The van der Waals surface area contributed by atoms with Crippen LogP contribution in [0.2, 0.25) is 0 Å². The van der Waals surface area contributed by atoms with Crippen LogP contribution in [-0.2, 0) is 11.3 Å². The van der Waals surface area contributed by atoms with E-state index in [1.54, 1.807) is 33.0 Å². The van der Waals surface area contributed by atoms with Crippen LogP contribution in [0.25, 0.3) is 11.1 Å². The third-order valence-electron chi connectivity index (χ3n) is 8.06. The molecule has 5 rings (SSSR count). The second-order valence-electron chi connectivity index (χ2n) is 13.1. The molecule has 0 bridgehead atoms. The van der Waals surface area contributed by atoms with Crippen LogP contribution in [0.3, 0.4) is 0 Å². The number of alkyl halides is 3. The summed E-state index contributed by atoms with van der Waals surface area (Å²) in [7, 11) is 2.06. The molecule has 0 spiro atoms. The lowest BCUT2D eigenvalue weighted by Crippen LogP contribution is -2.53. The molecule has 0 radical (unpaired) electrons. The topological polar surface area (TPSA) is 165 Å². The van der Waals surface area contributed by atoms with Crippen molar-refractivity contribution in [3.63, 3.8) is 0 Å². The standard InChI is InChI=1S/C31H39F3N8O6/c1-30(2,3)48-29(46)39-27-24(25-23(47-27)11-18(13-36-25)15-41-9-7-40(4)8-10-41)26(43)38-21-14-35-6-5-22(21)42-16-19(31(32,33)34)12-20(17-42)37-28(44)45/h5-6,11,13-14,19-20,37H,7-10,12,15-17H2,1-4H3,(H,38,43)(H,39,46)(H,44,45)/t19-,20+/m1/s1. The molecular weight excluding hydrogens is 637 g/mol. The largest absolute Gasteiger partial charge is 0.465 e. The van der Waals surface area contributed by atoms with Gasteiger partial charge in [-0.3, -0.25) is 25.0 Å². The van der Waals surface area contributed by atoms with Crippen LogP contribution >= 0.6 is 0 Å². The van der Waals surface area contributed by atoms with E-state index in [0.29, 0.717) is 6.54 Å². The first-order chi connectivity index (χ1) is 22.6. The van der Waals surface area contributed by atoms with Crippen LogP contribution in [0, 0.1) is 5.92 Å². The SMILES string of the molecule is CN1CCN(Cc2cnc3c(C(=O)Nc4cnccc4N4C[C@@H](NC(=O)O)C[C@@H](C(F)(F)F)C4)c(NC(=O)OC(C)(C)C)oc3c2)CC1. The number of furan rings is 1. The van der Waals surface area contributed by atoms with E-state index in [-0.39, 0.29) is 40.5 Å². The first-order valence-corrected chi connectivity index (χ1v) is 15.4. The zero-order chi connectivity index (χ0) is 34.8. The molecule has 2 aliphatic rings. The number of piperazine rings is 1. The molecule has 3 aromatic rings. The number of fused-ring (bicyclic) bond motifs is 1. The molecule has 48 heavy (non-hydrogen) atoms. The minimum atomic E-state index is -4.58. The molecular formula is C31H39F3N8O6. The lowest BCUT2D eigenvalue weighted by molar-refractivity contribution is -0.177. The van der Waals surface area contributed by atoms with Crippen molar-refractivity contribution in [2.24, 2.45) is 5.92 Å². The first-order valence-electron chi connectivity index (χ1n) is 15.4. The fraction of sp³-hybridized carbons (Fsp3) is 0.516. The molecule has 2 fully saturated rings. The molecule has 0 unspecified atom stereocenters. The fourth-order valence-corrected chi connectivity index (χ4v) is 5.82. The van der Waals surface area contributed by atoms with E-state index in [1.165, 1.54) is 23.4 Å². The maximum atomic E-state index is 13.9. The summed E-state index contributed by atoms with van der Waals surface area (Å²) < 4.78 is 52.9. The Hall–Kier alpha value is -4.64. The summed E-state index contributed by atoms with van der Waals surface area (Å²) in [5.41, 5.74) is 0.481. The van der Waals surface area contributed by atoms with Crippen molar-refractivity contribution in [1.29, 1.82) is 0 Å². The summed E-state index contributed by atoms with van der Waals surface area (Å²) in [4.78, 5) is 52.4. The van der Waals surface area contributed by atoms with Crippen LogP contribution in [0.4, 0.5) is 40.0 Å². The lowest BCUT2D eigenvalue weighted by Gasteiger charge is -2.40. The summed E-state index contributed by atoms with van der Waals surface area (Å²) >= 11 is 0. The summed E-state index contributed by atoms with van der Waals surface area (Å²) in [5.74, 6) is -2.84. The number of nitrogens with zero attached hydrogens (tertiary/aromatic N) is 5. The smallest absolute Gasteiger partial charge is 0.414 e. The number of ether oxygens (including phenoxy) is 1. The van der Waals surface area contributed by atoms with E-state index in [2.05, 4.69) is 42.8 Å². The zero-order valence-corrected chi connectivity index (χ0v) is 27.1. The summed E-state index contributed by atoms with van der Waals surface area (Å²) in [5, 5.41) is 16.5. The average Bonchev–Trinajstić information content (AvgIpc) is 3.33. The fourth-order valence-electron chi connectivity index (χ4n) is 5.82. The van der Waals surface area contributed by atoms with Crippen LogP contribution < -0.4 is 20.9 Å². The number of hydrogen-bond acceptors (Lipinski definition) is 10. The van der Waals surface area contributed by atoms with E-state index in [1.807, 2.05) is 0 Å². The number of carboxylic acid groups (broad SMARTS) is 1. The number of amides is 3. The van der Waals surface area contributed by atoms with Gasteiger partial charge in [-0.1, -0.05) is 0 Å². The maximum absolute atomic E-state index is 13.9. The number of carbonyl (C=O) groups excluding carboxylic acids is 2. The quantitative estimate of drug-likeness (QED) is 0.277. The number of hydrogen-bond donors (Lipinski definition) is 4. The Labute approximate surface area is 274 Å². The average molecular weight is 677 g/mol. The Kier molecular flexibility index (Phi) is 10.0. The van der Waals surface area contributed by atoms with Crippen LogP contribution in [0.1, 0.15) is 43.1 Å². The van der Waals surface area contributed by atoms with Gasteiger partial charge >= 0.3 is 18.4 Å². The Bertz CT molecular complexity index is 1650. The third kappa shape index (κ3) is 8.63. The van der Waals surface area contributed by atoms with E-state index < -0.39 is 54.8 Å². The van der Waals surface area contributed by atoms with Gasteiger partial charge in [0.25, 0.3) is 5.91 Å². The highest BCUT2D eigenvalue weighted by Gasteiger charge is 2.45. The zero-order valence-electron chi connectivity index (χ0n) is 27.1. The Morgan fingerprint density at radius 1 is 1.08 bits per heavy atom. The summed E-state index contributed by atoms with van der Waals surface area (Å²) in [6.45, 7) is 8.66. The van der Waals surface area contributed by atoms with Crippen molar-refractivity contribution in [3.05, 3.63) is 41.9 Å². The van der Waals surface area contributed by atoms with E-state index in [4.69, 9.17) is 9.15 Å². The Morgan fingerprint density at radius 2 is 1.81 bits per heavy atom. The van der Waals surface area contributed by atoms with Crippen LogP contribution in [-0.4, -0.2) is 107 Å². The van der Waals surface area contributed by atoms with Crippen LogP contribution in [0.15, 0.2) is 35.1 Å². The van der Waals surface area contributed by atoms with E-state index in [0.717, 1.165) is 31.7 Å². The van der Waals surface area contributed by atoms with Crippen molar-refractivity contribution in [3.8, 4) is 0 Å². The molecule has 0 aromatic carbocycles. The molecule has 0 aliphatic carbocycles. The second kappa shape index (κ2) is 13.8. The van der Waals surface area contributed by atoms with Gasteiger partial charge in [0.15, 0.2) is 5.58 Å². The molecule has 3 aromatic heterocycles. The number of anilines is 3. The Morgan fingerprint density at radius 3 is 2.48 bits per heavy atom. The van der Waals surface area contributed by atoms with Gasteiger partial charge < -0.3 is 34.7 Å². The van der Waals surface area contributed by atoms with Crippen molar-refractivity contribution in [2.45, 2.75) is 51.6 Å². The molecule has 0 saturated carbocycles. The molecule has 4 N–H and O–H groups in total. The third-order valence-corrected chi connectivity index (χ3v) is 8.06. The monoisotopic (exact) mass is 676 g/mol. The Balaban J connectivity index is 1.46. The summed E-state index contributed by atoms with van der Waals surface area (Å²) in [6, 6.07) is 2.15. The van der Waals surface area contributed by atoms with Gasteiger partial charge in [-0.2, -0.15) is 13.2 Å². The molecule has 260 valence electrons. The molecule has 2 saturated heterocycles. The summed E-state index contributed by atoms with van der Waals surface area (Å²) in [6.07, 6.45) is -3.08. The van der Waals surface area contributed by atoms with Gasteiger partial charge in [-0.25, -0.2) is 9.59 Å². The van der Waals surface area contributed by atoms with Gasteiger partial charge in [0.1, 0.15) is 16.7 Å². The molecule has 5 heterocycles. The minimum Gasteiger partial charge on any atom is -0.465 e. The predicted octanol–water partition coefficient (Wildman–Crippen LogP) is 4.59. The molecule has 2 aliphatic heterocycles. The highest BCUT2D eigenvalue weighted by Crippen LogP contribution is 2.38. The maximum Gasteiger partial charge on any atom is 0.414 e. The van der Waals surface area contributed by atoms with Gasteiger partial charge in [-0.15, -0.1) is 0 Å². The number of likely N-dealkylation sites (N-methyl/N-ethyl adjacent to an activating group) is 1. The predicted molar refractivity (Wildman–Crippen MR) is 170 cm³/mol. The molecule has 17 heteroatoms. The van der Waals surface area contributed by atoms with Gasteiger partial charge in [0.2, 0.25) is 5.88 Å². The normalized spacial score (nSPS) is 19.6. The highest BCUT2D eigenvalue weighted by molar-refractivity contribution is 6.16. The van der Waals surface area contributed by atoms with Gasteiger partial charge in [0.05, 0.1) is 29.5 Å². The van der Waals surface area contributed by atoms with Crippen molar-refractivity contribution in [1.82, 2.24) is 25.1 Å². The van der Waals surface area contributed by atoms with Gasteiger partial charge in [0, 0.05) is 58.2 Å². The number of nitrogens with one attached hydrogen (secondary N) is 3. The number of halogens is 3. The second-order valence-corrected chi connectivity index (χ2v) is 13.1. The highest BCUT2D eigenvalue weighted by atomic mass is 19.4. The lowest BCUT2D eigenvalue weighted by atomic mass is 9.93. The molecule has 14 nitrogen and oxygen atoms in total. The van der Waals surface area contributed by atoms with E-state index >= 15 is 0 Å². The number of pyridine rings is 2.